The maximum absolute atomic E-state index is 14.1. The lowest BCUT2D eigenvalue weighted by atomic mass is 9.67. The first-order chi connectivity index (χ1) is 19.0. The Balaban J connectivity index is 1.64. The van der Waals surface area contributed by atoms with Gasteiger partial charge in [-0.3, -0.25) is 19.4 Å². The van der Waals surface area contributed by atoms with E-state index < -0.39 is 5.66 Å². The lowest BCUT2D eigenvalue weighted by Gasteiger charge is -2.48. The molecule has 1 saturated carbocycles. The average Bonchev–Trinajstić information content (AvgIpc) is 3.21. The Morgan fingerprint density at radius 3 is 2.25 bits per heavy atom. The van der Waals surface area contributed by atoms with E-state index in [-0.39, 0.29) is 34.9 Å². The molecule has 1 aliphatic carbocycles. The SMILES string of the molecule is CCC(c1ccc(C(=O)NCCC(C)=O)cc1)N1C(=O)C(c2ccc(F)cc2)=NC12CCC(C(C)(C)CC)CC2. The fraction of sp³-hybridized carbons (Fsp3) is 0.515. The highest BCUT2D eigenvalue weighted by Gasteiger charge is 2.52. The highest BCUT2D eigenvalue weighted by molar-refractivity contribution is 6.46. The van der Waals surface area contributed by atoms with E-state index in [4.69, 9.17) is 4.99 Å². The third kappa shape index (κ3) is 6.03. The number of carbonyl (C=O) groups is 3. The molecule has 1 N–H and O–H groups in total. The van der Waals surface area contributed by atoms with Crippen molar-refractivity contribution < 1.29 is 18.8 Å². The molecular formula is C33H42FN3O3. The van der Waals surface area contributed by atoms with E-state index >= 15 is 0 Å². The molecule has 1 fully saturated rings. The first-order valence-electron chi connectivity index (χ1n) is 14.6. The van der Waals surface area contributed by atoms with Gasteiger partial charge in [0.2, 0.25) is 0 Å². The summed E-state index contributed by atoms with van der Waals surface area (Å²) in [6.07, 6.45) is 5.63. The Bertz CT molecular complexity index is 1260. The van der Waals surface area contributed by atoms with Crippen molar-refractivity contribution in [2.45, 2.75) is 91.3 Å². The van der Waals surface area contributed by atoms with Crippen molar-refractivity contribution in [3.8, 4) is 0 Å². The number of hydrogen-bond acceptors (Lipinski definition) is 4. The summed E-state index contributed by atoms with van der Waals surface area (Å²) in [6.45, 7) is 10.8. The van der Waals surface area contributed by atoms with Crippen LogP contribution in [0.5, 0.6) is 0 Å². The second-order valence-corrected chi connectivity index (χ2v) is 12.0. The first-order valence-corrected chi connectivity index (χ1v) is 14.6. The molecule has 2 aromatic carbocycles. The molecule has 0 saturated heterocycles. The van der Waals surface area contributed by atoms with E-state index in [0.29, 0.717) is 42.1 Å². The van der Waals surface area contributed by atoms with Crippen LogP contribution in [0, 0.1) is 17.2 Å². The van der Waals surface area contributed by atoms with Crippen molar-refractivity contribution in [2.24, 2.45) is 16.3 Å². The molecule has 2 aromatic rings. The molecule has 2 aliphatic rings. The van der Waals surface area contributed by atoms with E-state index in [2.05, 4.69) is 33.0 Å². The van der Waals surface area contributed by atoms with Crippen LogP contribution >= 0.6 is 0 Å². The molecule has 6 nitrogen and oxygen atoms in total. The van der Waals surface area contributed by atoms with Crippen LogP contribution in [-0.2, 0) is 9.59 Å². The molecule has 2 amide bonds. The van der Waals surface area contributed by atoms with Crippen molar-refractivity contribution in [3.63, 3.8) is 0 Å². The zero-order valence-corrected chi connectivity index (χ0v) is 24.4. The summed E-state index contributed by atoms with van der Waals surface area (Å²) in [5, 5.41) is 2.78. The van der Waals surface area contributed by atoms with Crippen molar-refractivity contribution in [3.05, 3.63) is 71.0 Å². The normalized spacial score (nSPS) is 21.9. The highest BCUT2D eigenvalue weighted by Crippen LogP contribution is 2.50. The smallest absolute Gasteiger partial charge is 0.275 e. The van der Waals surface area contributed by atoms with Gasteiger partial charge in [-0.2, -0.15) is 0 Å². The number of Topliss-reactive ketones (excluding diaryl/α,β-unsaturated/α-hetero) is 1. The molecule has 4 rings (SSSR count). The number of benzene rings is 2. The van der Waals surface area contributed by atoms with Crippen LogP contribution in [0.4, 0.5) is 4.39 Å². The molecule has 40 heavy (non-hydrogen) atoms. The number of aliphatic imine (C=N–C) groups is 1. The minimum atomic E-state index is -0.648. The summed E-state index contributed by atoms with van der Waals surface area (Å²) in [4.78, 5) is 45.0. The van der Waals surface area contributed by atoms with Crippen molar-refractivity contribution in [1.82, 2.24) is 10.2 Å². The van der Waals surface area contributed by atoms with Gasteiger partial charge in [0.1, 0.15) is 23.0 Å². The van der Waals surface area contributed by atoms with Crippen LogP contribution in [0.25, 0.3) is 0 Å². The molecule has 0 aromatic heterocycles. The van der Waals surface area contributed by atoms with Crippen LogP contribution in [0.3, 0.4) is 0 Å². The van der Waals surface area contributed by atoms with Crippen LogP contribution in [0.1, 0.15) is 107 Å². The number of carbonyl (C=O) groups excluding carboxylic acids is 3. The standard InChI is InChI=1S/C33H42FN3O3/c1-6-28(23-8-10-25(11-9-23)30(39)35-21-18-22(3)38)37-31(40)29(24-12-14-27(34)15-13-24)36-33(37)19-16-26(17-20-33)32(4,5)7-2/h8-15,26,28H,6-7,16-21H2,1-5H3,(H,35,39). The van der Waals surface area contributed by atoms with Gasteiger partial charge in [0, 0.05) is 24.1 Å². The molecular weight excluding hydrogens is 505 g/mol. The molecule has 0 bridgehead atoms. The van der Waals surface area contributed by atoms with E-state index in [1.54, 1.807) is 24.3 Å². The van der Waals surface area contributed by atoms with Gasteiger partial charge < -0.3 is 10.2 Å². The second kappa shape index (κ2) is 12.0. The van der Waals surface area contributed by atoms with Crippen LogP contribution in [0.15, 0.2) is 53.5 Å². The molecule has 7 heteroatoms. The maximum atomic E-state index is 14.1. The minimum Gasteiger partial charge on any atom is -0.352 e. The summed E-state index contributed by atoms with van der Waals surface area (Å²) in [7, 11) is 0. The Morgan fingerprint density at radius 1 is 1.07 bits per heavy atom. The molecule has 1 atom stereocenters. The van der Waals surface area contributed by atoms with E-state index in [0.717, 1.165) is 37.7 Å². The lowest BCUT2D eigenvalue weighted by molar-refractivity contribution is -0.133. The largest absolute Gasteiger partial charge is 0.352 e. The monoisotopic (exact) mass is 547 g/mol. The third-order valence-corrected chi connectivity index (χ3v) is 9.13. The van der Waals surface area contributed by atoms with Gasteiger partial charge >= 0.3 is 0 Å². The molecule has 0 radical (unpaired) electrons. The molecule has 1 heterocycles. The number of nitrogens with zero attached hydrogens (tertiary/aromatic N) is 2. The van der Waals surface area contributed by atoms with Gasteiger partial charge in [-0.1, -0.05) is 46.2 Å². The quantitative estimate of drug-likeness (QED) is 0.362. The van der Waals surface area contributed by atoms with Gasteiger partial charge in [-0.15, -0.1) is 0 Å². The van der Waals surface area contributed by atoms with E-state index in [1.807, 2.05) is 17.0 Å². The number of amides is 2. The molecule has 1 unspecified atom stereocenters. The summed E-state index contributed by atoms with van der Waals surface area (Å²) >= 11 is 0. The van der Waals surface area contributed by atoms with Gasteiger partial charge in [-0.05, 0) is 92.3 Å². The van der Waals surface area contributed by atoms with E-state index in [1.165, 1.54) is 19.1 Å². The fourth-order valence-electron chi connectivity index (χ4n) is 6.22. The van der Waals surface area contributed by atoms with Crippen molar-refractivity contribution in [1.29, 1.82) is 0 Å². The molecule has 1 spiro atoms. The van der Waals surface area contributed by atoms with Gasteiger partial charge in [0.05, 0.1) is 6.04 Å². The van der Waals surface area contributed by atoms with Crippen molar-refractivity contribution in [2.75, 3.05) is 6.54 Å². The summed E-state index contributed by atoms with van der Waals surface area (Å²) < 4.78 is 13.7. The predicted molar refractivity (Wildman–Crippen MR) is 156 cm³/mol. The third-order valence-electron chi connectivity index (χ3n) is 9.13. The Labute approximate surface area is 237 Å². The fourth-order valence-corrected chi connectivity index (χ4v) is 6.22. The van der Waals surface area contributed by atoms with E-state index in [9.17, 15) is 18.8 Å². The van der Waals surface area contributed by atoms with Gasteiger partial charge in [0.25, 0.3) is 11.8 Å². The van der Waals surface area contributed by atoms with Crippen LogP contribution < -0.4 is 5.32 Å². The number of halogens is 1. The zero-order valence-electron chi connectivity index (χ0n) is 24.4. The Kier molecular flexibility index (Phi) is 8.91. The summed E-state index contributed by atoms with van der Waals surface area (Å²) in [5.41, 5.74) is 2.07. The highest BCUT2D eigenvalue weighted by atomic mass is 19.1. The topological polar surface area (TPSA) is 78.8 Å². The van der Waals surface area contributed by atoms with Gasteiger partial charge in [-0.25, -0.2) is 4.39 Å². The summed E-state index contributed by atoms with van der Waals surface area (Å²) in [5.74, 6) is -0.113. The Morgan fingerprint density at radius 2 is 1.70 bits per heavy atom. The average molecular weight is 548 g/mol. The Hall–Kier alpha value is -3.35. The first kappa shape index (κ1) is 29.6. The summed E-state index contributed by atoms with van der Waals surface area (Å²) in [6, 6.07) is 13.2. The number of nitrogens with one attached hydrogen (secondary N) is 1. The molecule has 214 valence electrons. The maximum Gasteiger partial charge on any atom is 0.275 e. The van der Waals surface area contributed by atoms with Crippen LogP contribution in [-0.4, -0.2) is 40.4 Å². The number of rotatable bonds is 10. The number of ketones is 1. The lowest BCUT2D eigenvalue weighted by Crippen LogP contribution is -2.51. The van der Waals surface area contributed by atoms with Gasteiger partial charge in [0.15, 0.2) is 0 Å². The molecule has 1 aliphatic heterocycles. The zero-order chi connectivity index (χ0) is 29.1. The van der Waals surface area contributed by atoms with Crippen molar-refractivity contribution >= 4 is 23.3 Å². The minimum absolute atomic E-state index is 0.0279. The number of hydrogen-bond donors (Lipinski definition) is 1. The second-order valence-electron chi connectivity index (χ2n) is 12.0. The van der Waals surface area contributed by atoms with Crippen LogP contribution in [0.2, 0.25) is 0 Å². The predicted octanol–water partition coefficient (Wildman–Crippen LogP) is 6.64.